The number of nitrogens with zero attached hydrogens (tertiary/aromatic N) is 1. The molecule has 0 radical (unpaired) electrons. The van der Waals surface area contributed by atoms with Crippen molar-refractivity contribution in [3.63, 3.8) is 0 Å². The summed E-state index contributed by atoms with van der Waals surface area (Å²) in [5.74, 6) is -1.55. The van der Waals surface area contributed by atoms with Gasteiger partial charge in [0.15, 0.2) is 12.1 Å². The number of carboxylic acids is 1. The topological polar surface area (TPSA) is 99.1 Å². The van der Waals surface area contributed by atoms with Gasteiger partial charge in [-0.1, -0.05) is 180 Å². The number of hydrogen-bond donors (Lipinski definition) is 1. The van der Waals surface area contributed by atoms with Crippen LogP contribution in [0.4, 0.5) is 0 Å². The molecular weight excluding hydrogens is 835 g/mol. The molecule has 0 aliphatic rings. The normalized spacial score (nSPS) is 13.9. The maximum Gasteiger partial charge on any atom is 0.362 e. The molecule has 0 saturated carbocycles. The lowest BCUT2D eigenvalue weighted by molar-refractivity contribution is -0.887. The molecular formula is C59H96NO7+. The number of quaternary nitrogens is 1. The average Bonchev–Trinajstić information content (AvgIpc) is 3.29. The van der Waals surface area contributed by atoms with Crippen LogP contribution < -0.4 is 0 Å². The Labute approximate surface area is 410 Å². The molecule has 2 atom stereocenters. The van der Waals surface area contributed by atoms with E-state index in [0.717, 1.165) is 103 Å². The van der Waals surface area contributed by atoms with Crippen molar-refractivity contribution in [2.75, 3.05) is 41.0 Å². The van der Waals surface area contributed by atoms with Gasteiger partial charge in [-0.15, -0.1) is 0 Å². The van der Waals surface area contributed by atoms with E-state index in [2.05, 4.69) is 135 Å². The molecule has 1 N–H and O–H groups in total. The van der Waals surface area contributed by atoms with Crippen molar-refractivity contribution >= 4 is 17.9 Å². The second-order valence-electron chi connectivity index (χ2n) is 18.0. The highest BCUT2D eigenvalue weighted by Crippen LogP contribution is 2.14. The van der Waals surface area contributed by atoms with Gasteiger partial charge in [-0.3, -0.25) is 9.59 Å². The van der Waals surface area contributed by atoms with Crippen LogP contribution in [0, 0.1) is 0 Å². The summed E-state index contributed by atoms with van der Waals surface area (Å²) in [6.07, 6.45) is 68.2. The first kappa shape index (κ1) is 62.7. The number of carbonyl (C=O) groups excluding carboxylic acids is 2. The van der Waals surface area contributed by atoms with Crippen LogP contribution in [0.3, 0.4) is 0 Å². The van der Waals surface area contributed by atoms with Crippen LogP contribution in [0.25, 0.3) is 0 Å². The van der Waals surface area contributed by atoms with Gasteiger partial charge in [-0.25, -0.2) is 4.79 Å². The summed E-state index contributed by atoms with van der Waals surface area (Å²) in [4.78, 5) is 37.2. The van der Waals surface area contributed by atoms with Crippen LogP contribution in [0.1, 0.15) is 181 Å². The van der Waals surface area contributed by atoms with Gasteiger partial charge in [-0.2, -0.15) is 0 Å². The van der Waals surface area contributed by atoms with Gasteiger partial charge in [0, 0.05) is 19.3 Å². The van der Waals surface area contributed by atoms with Crippen LogP contribution in [0.5, 0.6) is 0 Å². The molecule has 0 spiro atoms. The highest BCUT2D eigenvalue weighted by Gasteiger charge is 2.31. The Hall–Kier alpha value is -4.27. The van der Waals surface area contributed by atoms with E-state index in [9.17, 15) is 19.5 Å². The number of hydrogen-bond acceptors (Lipinski definition) is 6. The predicted molar refractivity (Wildman–Crippen MR) is 284 cm³/mol. The number of aliphatic carboxylic acids is 1. The molecule has 0 bridgehead atoms. The molecule has 0 aromatic rings. The Balaban J connectivity index is 4.36. The summed E-state index contributed by atoms with van der Waals surface area (Å²) in [5, 5.41) is 9.66. The summed E-state index contributed by atoms with van der Waals surface area (Å²) in [6.45, 7) is 4.45. The standard InChI is InChI=1S/C59H95NO7/c1-6-8-10-12-14-16-18-20-22-24-26-28-30-31-33-35-37-39-41-43-45-47-49-57(61)66-54-55(53-65-52-51-56(59(63)64)60(3,4)5)67-58(62)50-48-46-44-42-40-38-36-34-32-29-27-25-23-21-19-17-15-13-11-9-7-2/h8-11,14-17,20-23,26-29,34,36,40,42,55-56H,6-7,12-13,18-19,24-25,30-33,35,37-39,41,43-54H2,1-5H3/p+1/b10-8+,11-9+,16-14+,17-15+,22-20+,23-21+,28-26+,29-27+,36-34+,42-40+. The van der Waals surface area contributed by atoms with E-state index in [0.29, 0.717) is 19.3 Å². The first-order valence-corrected chi connectivity index (χ1v) is 26.1. The van der Waals surface area contributed by atoms with Crippen LogP contribution in [0.2, 0.25) is 0 Å². The van der Waals surface area contributed by atoms with Gasteiger partial charge in [0.1, 0.15) is 6.61 Å². The number of allylic oxidation sites excluding steroid dienone is 20. The van der Waals surface area contributed by atoms with Crippen molar-refractivity contribution in [3.05, 3.63) is 122 Å². The molecule has 0 aromatic heterocycles. The summed E-state index contributed by atoms with van der Waals surface area (Å²) in [7, 11) is 5.51. The van der Waals surface area contributed by atoms with Gasteiger partial charge < -0.3 is 23.8 Å². The molecule has 0 aliphatic heterocycles. The van der Waals surface area contributed by atoms with Gasteiger partial charge >= 0.3 is 17.9 Å². The maximum absolute atomic E-state index is 12.8. The molecule has 0 saturated heterocycles. The smallest absolute Gasteiger partial charge is 0.362 e. The van der Waals surface area contributed by atoms with Crippen molar-refractivity contribution in [3.8, 4) is 0 Å². The number of carbonyl (C=O) groups is 3. The number of esters is 2. The lowest BCUT2D eigenvalue weighted by Crippen LogP contribution is -2.50. The maximum atomic E-state index is 12.8. The number of carboxylic acid groups (broad SMARTS) is 1. The summed E-state index contributed by atoms with van der Waals surface area (Å²) in [6, 6.07) is -0.632. The first-order chi connectivity index (χ1) is 32.6. The second-order valence-corrected chi connectivity index (χ2v) is 18.0. The molecule has 8 nitrogen and oxygen atoms in total. The third-order valence-corrected chi connectivity index (χ3v) is 10.9. The minimum Gasteiger partial charge on any atom is -0.477 e. The predicted octanol–water partition coefficient (Wildman–Crippen LogP) is 15.4. The van der Waals surface area contributed by atoms with E-state index < -0.39 is 18.1 Å². The van der Waals surface area contributed by atoms with Crippen molar-refractivity contribution < 1.29 is 38.2 Å². The largest absolute Gasteiger partial charge is 0.477 e. The third kappa shape index (κ3) is 46.6. The van der Waals surface area contributed by atoms with E-state index in [-0.39, 0.29) is 42.7 Å². The quantitative estimate of drug-likeness (QED) is 0.0281. The van der Waals surface area contributed by atoms with Crippen molar-refractivity contribution in [2.24, 2.45) is 0 Å². The van der Waals surface area contributed by atoms with Gasteiger partial charge in [0.25, 0.3) is 0 Å². The summed E-state index contributed by atoms with van der Waals surface area (Å²) in [5.41, 5.74) is 0. The van der Waals surface area contributed by atoms with Crippen LogP contribution >= 0.6 is 0 Å². The van der Waals surface area contributed by atoms with E-state index >= 15 is 0 Å². The molecule has 2 unspecified atom stereocenters. The fraction of sp³-hybridized carbons (Fsp3) is 0.610. The molecule has 0 heterocycles. The zero-order valence-corrected chi connectivity index (χ0v) is 43.1. The monoisotopic (exact) mass is 931 g/mol. The van der Waals surface area contributed by atoms with Gasteiger partial charge in [0.2, 0.25) is 0 Å². The Morgan fingerprint density at radius 2 is 0.791 bits per heavy atom. The molecule has 0 aliphatic carbocycles. The summed E-state index contributed by atoms with van der Waals surface area (Å²) >= 11 is 0. The van der Waals surface area contributed by atoms with Gasteiger partial charge in [-0.05, 0) is 103 Å². The molecule has 378 valence electrons. The van der Waals surface area contributed by atoms with E-state index in [4.69, 9.17) is 14.2 Å². The fourth-order valence-corrected chi connectivity index (χ4v) is 6.91. The highest BCUT2D eigenvalue weighted by atomic mass is 16.6. The molecule has 8 heteroatoms. The highest BCUT2D eigenvalue weighted by molar-refractivity contribution is 5.72. The van der Waals surface area contributed by atoms with E-state index in [1.807, 2.05) is 21.1 Å². The summed E-state index contributed by atoms with van der Waals surface area (Å²) < 4.78 is 17.3. The lowest BCUT2D eigenvalue weighted by Gasteiger charge is -2.31. The fourth-order valence-electron chi connectivity index (χ4n) is 6.91. The van der Waals surface area contributed by atoms with Crippen molar-refractivity contribution in [1.82, 2.24) is 0 Å². The molecule has 0 rings (SSSR count). The SMILES string of the molecule is CC/C=C/C/C=C/C/C=C/C/C=C/C/C=C/C/C=C/CCCCC(=O)OC(COCCC(C(=O)O)[N+](C)(C)C)COC(=O)CCCCCCCCCCC/C=C/C/C=C/C/C=C/C/C=C/CC. The number of unbranched alkanes of at least 4 members (excludes halogenated alkanes) is 11. The minimum absolute atomic E-state index is 0.0332. The molecule has 0 aromatic carbocycles. The minimum atomic E-state index is -0.888. The lowest BCUT2D eigenvalue weighted by atomic mass is 10.1. The van der Waals surface area contributed by atoms with E-state index in [1.54, 1.807) is 0 Å². The Bertz CT molecular complexity index is 1500. The van der Waals surface area contributed by atoms with E-state index in [1.165, 1.54) is 38.5 Å². The van der Waals surface area contributed by atoms with Crippen molar-refractivity contribution in [1.29, 1.82) is 0 Å². The number of ether oxygens (including phenoxy) is 3. The Morgan fingerprint density at radius 1 is 0.448 bits per heavy atom. The second kappa shape index (κ2) is 48.2. The molecule has 67 heavy (non-hydrogen) atoms. The van der Waals surface area contributed by atoms with Crippen LogP contribution in [0.15, 0.2) is 122 Å². The Kier molecular flexibility index (Phi) is 45.1. The van der Waals surface area contributed by atoms with Crippen LogP contribution in [-0.4, -0.2) is 80.6 Å². The molecule has 0 fully saturated rings. The van der Waals surface area contributed by atoms with Gasteiger partial charge in [0.05, 0.1) is 34.4 Å². The number of likely N-dealkylation sites (N-methyl/N-ethyl adjacent to an activating group) is 1. The Morgan fingerprint density at radius 3 is 1.19 bits per heavy atom. The average molecular weight is 931 g/mol. The zero-order chi connectivity index (χ0) is 49.2. The van der Waals surface area contributed by atoms with Crippen molar-refractivity contribution in [2.45, 2.75) is 193 Å². The molecule has 0 amide bonds. The number of rotatable bonds is 45. The third-order valence-electron chi connectivity index (χ3n) is 10.9. The zero-order valence-electron chi connectivity index (χ0n) is 43.1. The van der Waals surface area contributed by atoms with Crippen LogP contribution in [-0.2, 0) is 28.6 Å². The first-order valence-electron chi connectivity index (χ1n) is 26.1.